The molecule has 0 amide bonds. The Bertz CT molecular complexity index is 397. The van der Waals surface area contributed by atoms with Crippen LogP contribution < -0.4 is 0 Å². The van der Waals surface area contributed by atoms with Crippen LogP contribution in [0.2, 0.25) is 0 Å². The van der Waals surface area contributed by atoms with Crippen molar-refractivity contribution in [2.24, 2.45) is 0 Å². The van der Waals surface area contributed by atoms with E-state index in [4.69, 9.17) is 23.7 Å². The van der Waals surface area contributed by atoms with E-state index < -0.39 is 37.7 Å². The molecule has 0 spiro atoms. The molecule has 0 fully saturated rings. The molecule has 0 rings (SSSR count). The Kier molecular flexibility index (Phi) is 22.9. The summed E-state index contributed by atoms with van der Waals surface area (Å²) in [6.45, 7) is 0. The van der Waals surface area contributed by atoms with Gasteiger partial charge in [0, 0.05) is 0 Å². The molecule has 0 radical (unpaired) electrons. The molecule has 0 heterocycles. The van der Waals surface area contributed by atoms with Crippen molar-refractivity contribution in [3.63, 3.8) is 0 Å². The van der Waals surface area contributed by atoms with Gasteiger partial charge >= 0.3 is 26.3 Å². The predicted octanol–water partition coefficient (Wildman–Crippen LogP) is -3.21. The SMILES string of the molecule is CS(=O)(=O)O.CS(=O)(=O)O.CS(=O)(=O)O.OB(O)F.[LiH]. The third kappa shape index (κ3) is 92300. The number of rotatable bonds is 0. The average molecular weight is 360 g/mol. The van der Waals surface area contributed by atoms with E-state index in [2.05, 4.69) is 0 Å². The molecule has 17 heteroatoms. The predicted molar refractivity (Wildman–Crippen MR) is 70.9 cm³/mol. The molecule has 11 nitrogen and oxygen atoms in total. The van der Waals surface area contributed by atoms with E-state index in [9.17, 15) is 29.6 Å². The maximum atomic E-state index is 10.1. The molecule has 122 valence electrons. The Morgan fingerprint density at radius 2 is 0.700 bits per heavy atom. The summed E-state index contributed by atoms with van der Waals surface area (Å²) in [5.74, 6) is 0. The molecule has 0 saturated heterocycles. The topological polar surface area (TPSA) is 204 Å². The molecule has 5 N–H and O–H groups in total. The Morgan fingerprint density at radius 3 is 0.700 bits per heavy atom. The van der Waals surface area contributed by atoms with Crippen LogP contribution in [0.5, 0.6) is 0 Å². The molecule has 0 atom stereocenters. The van der Waals surface area contributed by atoms with E-state index in [1.54, 1.807) is 0 Å². The third-order valence-corrected chi connectivity index (χ3v) is 0. The fourth-order valence-corrected chi connectivity index (χ4v) is 0. The van der Waals surface area contributed by atoms with Gasteiger partial charge in [0.15, 0.2) is 0 Å². The fraction of sp³-hybridized carbons (Fsp3) is 1.00. The zero-order chi connectivity index (χ0) is 17.1. The van der Waals surface area contributed by atoms with Gasteiger partial charge in [0.05, 0.1) is 18.8 Å². The van der Waals surface area contributed by atoms with Crippen molar-refractivity contribution in [3.8, 4) is 0 Å². The minimum absolute atomic E-state index is 0. The average Bonchev–Trinajstić information content (AvgIpc) is 1.66. The molecule has 20 heavy (non-hydrogen) atoms. The van der Waals surface area contributed by atoms with E-state index in [1.807, 2.05) is 0 Å². The Balaban J connectivity index is -0.0000000494. The van der Waals surface area contributed by atoms with Crippen LogP contribution in [0.25, 0.3) is 0 Å². The standard InChI is InChI=1S/3CH4O3S.BFH2O2.Li.H/c3*1-5(2,3)4;2-1(3)4;;/h3*1H3,(H,2,3,4);3-4H;;. The van der Waals surface area contributed by atoms with Crippen LogP contribution in [0.3, 0.4) is 0 Å². The second kappa shape index (κ2) is 14.2. The molecular weight excluding hydrogens is 345 g/mol. The van der Waals surface area contributed by atoms with Crippen LogP contribution in [-0.4, -0.2) is 94.0 Å². The van der Waals surface area contributed by atoms with Gasteiger partial charge in [-0.2, -0.15) is 25.3 Å². The Morgan fingerprint density at radius 1 is 0.700 bits per heavy atom. The summed E-state index contributed by atoms with van der Waals surface area (Å²) < 4.78 is 87.7. The molecular formula is C3H15BFLiO11S3. The molecule has 0 unspecified atom stereocenters. The zero-order valence-electron chi connectivity index (χ0n) is 9.87. The van der Waals surface area contributed by atoms with Crippen molar-refractivity contribution in [1.29, 1.82) is 0 Å². The quantitative estimate of drug-likeness (QED) is 0.215. The summed E-state index contributed by atoms with van der Waals surface area (Å²) >= 11 is 0. The molecule has 0 aliphatic carbocycles. The minimum atomic E-state index is -3.67. The monoisotopic (exact) mass is 360 g/mol. The van der Waals surface area contributed by atoms with Crippen molar-refractivity contribution in [3.05, 3.63) is 0 Å². The molecule has 0 aromatic heterocycles. The maximum absolute atomic E-state index is 10.1. The van der Waals surface area contributed by atoms with E-state index in [0.717, 1.165) is 0 Å². The van der Waals surface area contributed by atoms with Crippen LogP contribution in [-0.2, 0) is 30.4 Å². The van der Waals surface area contributed by atoms with Crippen LogP contribution >= 0.6 is 0 Å². The van der Waals surface area contributed by atoms with Gasteiger partial charge in [0.2, 0.25) is 0 Å². The van der Waals surface area contributed by atoms with Gasteiger partial charge < -0.3 is 10.0 Å². The van der Waals surface area contributed by atoms with Crippen molar-refractivity contribution in [2.75, 3.05) is 18.8 Å². The first-order chi connectivity index (χ1) is 7.73. The Hall–Kier alpha value is 0.242. The van der Waals surface area contributed by atoms with Gasteiger partial charge in [-0.3, -0.25) is 18.0 Å². The van der Waals surface area contributed by atoms with Crippen LogP contribution in [0.1, 0.15) is 0 Å². The van der Waals surface area contributed by atoms with Gasteiger partial charge in [0.25, 0.3) is 30.4 Å². The molecule has 0 bridgehead atoms. The number of hydrogen-bond acceptors (Lipinski definition) is 8. The fourth-order valence-electron chi connectivity index (χ4n) is 0. The van der Waals surface area contributed by atoms with Gasteiger partial charge in [-0.1, -0.05) is 0 Å². The number of halogens is 1. The van der Waals surface area contributed by atoms with Crippen LogP contribution in [0.4, 0.5) is 4.32 Å². The first kappa shape index (κ1) is 32.3. The van der Waals surface area contributed by atoms with Crippen molar-refractivity contribution in [2.45, 2.75) is 0 Å². The normalized spacial score (nSPS) is 10.1. The summed E-state index contributed by atoms with van der Waals surface area (Å²) in [6.07, 6.45) is 2.15. The first-order valence-corrected chi connectivity index (χ1v) is 9.05. The van der Waals surface area contributed by atoms with Gasteiger partial charge in [0.1, 0.15) is 0 Å². The summed E-state index contributed by atoms with van der Waals surface area (Å²) in [5, 5.41) is 13.9. The first-order valence-electron chi connectivity index (χ1n) is 3.51. The van der Waals surface area contributed by atoms with E-state index in [1.165, 1.54) is 0 Å². The molecule has 0 saturated carbocycles. The van der Waals surface area contributed by atoms with Crippen molar-refractivity contribution < 1.29 is 53.3 Å². The number of hydrogen-bond donors (Lipinski definition) is 5. The van der Waals surface area contributed by atoms with Gasteiger partial charge in [-0.15, -0.1) is 0 Å². The van der Waals surface area contributed by atoms with Crippen molar-refractivity contribution >= 4 is 56.6 Å². The summed E-state index contributed by atoms with van der Waals surface area (Å²) in [7, 11) is -13.7. The molecule has 0 aliphatic heterocycles. The van der Waals surface area contributed by atoms with E-state index in [0.29, 0.717) is 18.8 Å². The summed E-state index contributed by atoms with van der Waals surface area (Å²) in [4.78, 5) is 0. The second-order valence-electron chi connectivity index (χ2n) is 2.51. The Labute approximate surface area is 128 Å². The van der Waals surface area contributed by atoms with Crippen molar-refractivity contribution in [1.82, 2.24) is 0 Å². The van der Waals surface area contributed by atoms with E-state index >= 15 is 0 Å². The summed E-state index contributed by atoms with van der Waals surface area (Å²) in [5.41, 5.74) is 0. The molecule has 0 aromatic rings. The molecule has 0 aliphatic rings. The summed E-state index contributed by atoms with van der Waals surface area (Å²) in [6, 6.07) is 0. The third-order valence-electron chi connectivity index (χ3n) is 0. The zero-order valence-corrected chi connectivity index (χ0v) is 12.3. The molecule has 0 aromatic carbocycles. The van der Waals surface area contributed by atoms with Gasteiger partial charge in [-0.25, -0.2) is 0 Å². The van der Waals surface area contributed by atoms with Crippen LogP contribution in [0.15, 0.2) is 0 Å². The van der Waals surface area contributed by atoms with E-state index in [-0.39, 0.29) is 18.9 Å². The van der Waals surface area contributed by atoms with Crippen LogP contribution in [0, 0.1) is 0 Å². The second-order valence-corrected chi connectivity index (χ2v) is 6.91. The van der Waals surface area contributed by atoms with Gasteiger partial charge in [-0.05, 0) is 0 Å².